The Morgan fingerprint density at radius 3 is 2.56 bits per heavy atom. The first-order chi connectivity index (χ1) is 7.77. The topological polar surface area (TPSA) is 9.23 Å². The zero-order valence-corrected chi connectivity index (χ0v) is 10.2. The van der Waals surface area contributed by atoms with Crippen LogP contribution in [0.4, 0.5) is 0 Å². The Hall–Kier alpha value is -1.42. The van der Waals surface area contributed by atoms with Gasteiger partial charge < -0.3 is 4.74 Å². The Balaban J connectivity index is 2.43. The Morgan fingerprint density at radius 1 is 1.31 bits per heavy atom. The molecule has 0 fully saturated rings. The second-order valence-electron chi connectivity index (χ2n) is 4.03. The van der Waals surface area contributed by atoms with Crippen LogP contribution in [-0.4, -0.2) is 6.61 Å². The summed E-state index contributed by atoms with van der Waals surface area (Å²) in [5, 5.41) is 0. The van der Waals surface area contributed by atoms with Crippen molar-refractivity contribution in [3.05, 3.63) is 29.8 Å². The summed E-state index contributed by atoms with van der Waals surface area (Å²) in [5.74, 6) is 4.16. The van der Waals surface area contributed by atoms with Crippen molar-refractivity contribution < 1.29 is 4.74 Å². The van der Waals surface area contributed by atoms with Gasteiger partial charge in [0.2, 0.25) is 0 Å². The van der Waals surface area contributed by atoms with Crippen LogP contribution in [0.1, 0.15) is 44.6 Å². The molecule has 1 unspecified atom stereocenters. The van der Waals surface area contributed by atoms with Gasteiger partial charge in [0.15, 0.2) is 0 Å². The molecule has 1 nitrogen and oxygen atoms in total. The molecule has 0 aliphatic carbocycles. The van der Waals surface area contributed by atoms with E-state index in [4.69, 9.17) is 11.2 Å². The van der Waals surface area contributed by atoms with Gasteiger partial charge in [0.25, 0.3) is 0 Å². The van der Waals surface area contributed by atoms with Gasteiger partial charge in [0, 0.05) is 6.42 Å². The van der Waals surface area contributed by atoms with Gasteiger partial charge in [-0.2, -0.15) is 0 Å². The minimum Gasteiger partial charge on any atom is -0.494 e. The van der Waals surface area contributed by atoms with Crippen molar-refractivity contribution in [1.29, 1.82) is 0 Å². The number of terminal acetylenes is 1. The Labute approximate surface area is 98.8 Å². The van der Waals surface area contributed by atoms with Gasteiger partial charge in [-0.05, 0) is 36.5 Å². The summed E-state index contributed by atoms with van der Waals surface area (Å²) in [6.07, 6.45) is 8.04. The van der Waals surface area contributed by atoms with Gasteiger partial charge in [-0.1, -0.05) is 26.0 Å². The molecule has 0 saturated heterocycles. The van der Waals surface area contributed by atoms with E-state index in [0.29, 0.717) is 12.5 Å². The Morgan fingerprint density at radius 2 is 2.00 bits per heavy atom. The molecule has 0 saturated carbocycles. The standard InChI is InChI=1S/C15H20O/c1-4-6-7-12-16-15-10-8-14(9-11-15)13(3)5-2/h1,8-11,13H,5-7,12H2,2-3H3. The first kappa shape index (κ1) is 12.6. The maximum atomic E-state index is 5.58. The molecule has 0 radical (unpaired) electrons. The molecular formula is C15H20O. The summed E-state index contributed by atoms with van der Waals surface area (Å²) in [6.45, 7) is 5.14. The molecule has 1 aromatic rings. The third-order valence-electron chi connectivity index (χ3n) is 2.80. The summed E-state index contributed by atoms with van der Waals surface area (Å²) in [4.78, 5) is 0. The van der Waals surface area contributed by atoms with Crippen LogP contribution in [0.25, 0.3) is 0 Å². The van der Waals surface area contributed by atoms with Crippen LogP contribution in [0.2, 0.25) is 0 Å². The van der Waals surface area contributed by atoms with Gasteiger partial charge in [0.05, 0.1) is 6.61 Å². The van der Waals surface area contributed by atoms with Crippen molar-refractivity contribution >= 4 is 0 Å². The fourth-order valence-electron chi connectivity index (χ4n) is 1.49. The lowest BCUT2D eigenvalue weighted by molar-refractivity contribution is 0.313. The average Bonchev–Trinajstić information content (AvgIpc) is 2.34. The smallest absolute Gasteiger partial charge is 0.119 e. The highest BCUT2D eigenvalue weighted by Gasteiger charge is 2.02. The zero-order chi connectivity index (χ0) is 11.8. The third kappa shape index (κ3) is 3.98. The van der Waals surface area contributed by atoms with E-state index in [-0.39, 0.29) is 0 Å². The van der Waals surface area contributed by atoms with Crippen LogP contribution < -0.4 is 4.74 Å². The molecule has 0 N–H and O–H groups in total. The number of benzene rings is 1. The van der Waals surface area contributed by atoms with Gasteiger partial charge >= 0.3 is 0 Å². The van der Waals surface area contributed by atoms with E-state index in [1.165, 1.54) is 12.0 Å². The van der Waals surface area contributed by atoms with Gasteiger partial charge in [0.1, 0.15) is 5.75 Å². The second-order valence-corrected chi connectivity index (χ2v) is 4.03. The maximum Gasteiger partial charge on any atom is 0.119 e. The van der Waals surface area contributed by atoms with Crippen molar-refractivity contribution in [2.45, 2.75) is 39.0 Å². The summed E-state index contributed by atoms with van der Waals surface area (Å²) in [6, 6.07) is 8.37. The lowest BCUT2D eigenvalue weighted by Crippen LogP contribution is -1.97. The Bertz CT molecular complexity index is 331. The van der Waals surface area contributed by atoms with E-state index in [2.05, 4.69) is 31.9 Å². The third-order valence-corrected chi connectivity index (χ3v) is 2.80. The average molecular weight is 216 g/mol. The fourth-order valence-corrected chi connectivity index (χ4v) is 1.49. The van der Waals surface area contributed by atoms with Gasteiger partial charge in [-0.15, -0.1) is 12.3 Å². The van der Waals surface area contributed by atoms with E-state index >= 15 is 0 Å². The quantitative estimate of drug-likeness (QED) is 0.516. The SMILES string of the molecule is C#CCCCOc1ccc(C(C)CC)cc1. The van der Waals surface area contributed by atoms with Crippen LogP contribution in [0.15, 0.2) is 24.3 Å². The predicted molar refractivity (Wildman–Crippen MR) is 68.7 cm³/mol. The number of rotatable bonds is 6. The highest BCUT2D eigenvalue weighted by Crippen LogP contribution is 2.21. The van der Waals surface area contributed by atoms with Crippen LogP contribution >= 0.6 is 0 Å². The lowest BCUT2D eigenvalue weighted by atomic mass is 9.99. The van der Waals surface area contributed by atoms with E-state index in [0.717, 1.165) is 18.6 Å². The van der Waals surface area contributed by atoms with E-state index in [1.807, 2.05) is 12.1 Å². The molecule has 1 heteroatoms. The molecule has 0 heterocycles. The number of hydrogen-bond donors (Lipinski definition) is 0. The molecule has 0 amide bonds. The highest BCUT2D eigenvalue weighted by molar-refractivity contribution is 5.29. The normalized spacial score (nSPS) is 11.8. The number of unbranched alkanes of at least 4 members (excludes halogenated alkanes) is 1. The molecular weight excluding hydrogens is 196 g/mol. The molecule has 1 atom stereocenters. The van der Waals surface area contributed by atoms with Crippen molar-refractivity contribution in [2.75, 3.05) is 6.61 Å². The van der Waals surface area contributed by atoms with Crippen LogP contribution in [0.5, 0.6) is 5.75 Å². The first-order valence-electron chi connectivity index (χ1n) is 5.94. The van der Waals surface area contributed by atoms with Crippen molar-refractivity contribution in [2.24, 2.45) is 0 Å². The van der Waals surface area contributed by atoms with Gasteiger partial charge in [-0.25, -0.2) is 0 Å². The van der Waals surface area contributed by atoms with E-state index < -0.39 is 0 Å². The maximum absolute atomic E-state index is 5.58. The lowest BCUT2D eigenvalue weighted by Gasteiger charge is -2.10. The van der Waals surface area contributed by atoms with Crippen molar-refractivity contribution in [3.8, 4) is 18.1 Å². The number of hydrogen-bond acceptors (Lipinski definition) is 1. The molecule has 1 aromatic carbocycles. The molecule has 16 heavy (non-hydrogen) atoms. The van der Waals surface area contributed by atoms with Crippen molar-refractivity contribution in [3.63, 3.8) is 0 Å². The summed E-state index contributed by atoms with van der Waals surface area (Å²) in [7, 11) is 0. The molecule has 0 aliphatic heterocycles. The molecule has 0 aromatic heterocycles. The zero-order valence-electron chi connectivity index (χ0n) is 10.2. The fraction of sp³-hybridized carbons (Fsp3) is 0.467. The van der Waals surface area contributed by atoms with Crippen molar-refractivity contribution in [1.82, 2.24) is 0 Å². The van der Waals surface area contributed by atoms with Crippen LogP contribution in [0, 0.1) is 12.3 Å². The Kier molecular flexibility index (Phi) is 5.50. The summed E-state index contributed by atoms with van der Waals surface area (Å²) >= 11 is 0. The minimum absolute atomic E-state index is 0.621. The minimum atomic E-state index is 0.621. The molecule has 86 valence electrons. The number of ether oxygens (including phenoxy) is 1. The van der Waals surface area contributed by atoms with E-state index in [9.17, 15) is 0 Å². The van der Waals surface area contributed by atoms with Crippen LogP contribution in [-0.2, 0) is 0 Å². The summed E-state index contributed by atoms with van der Waals surface area (Å²) in [5.41, 5.74) is 1.37. The van der Waals surface area contributed by atoms with E-state index in [1.54, 1.807) is 0 Å². The molecule has 1 rings (SSSR count). The largest absolute Gasteiger partial charge is 0.494 e. The predicted octanol–water partition coefficient (Wildman–Crippen LogP) is 3.99. The molecule has 0 aliphatic rings. The first-order valence-corrected chi connectivity index (χ1v) is 5.94. The monoisotopic (exact) mass is 216 g/mol. The molecule has 0 bridgehead atoms. The second kappa shape index (κ2) is 6.95. The summed E-state index contributed by atoms with van der Waals surface area (Å²) < 4.78 is 5.58. The van der Waals surface area contributed by atoms with Gasteiger partial charge in [-0.3, -0.25) is 0 Å². The molecule has 0 spiro atoms. The highest BCUT2D eigenvalue weighted by atomic mass is 16.5. The van der Waals surface area contributed by atoms with Crippen LogP contribution in [0.3, 0.4) is 0 Å².